The van der Waals surface area contributed by atoms with E-state index in [0.29, 0.717) is 0 Å². The summed E-state index contributed by atoms with van der Waals surface area (Å²) in [6, 6.07) is 0. The van der Waals surface area contributed by atoms with Crippen molar-refractivity contribution >= 4 is 0 Å². The Bertz CT molecular complexity index is 316. The van der Waals surface area contributed by atoms with Crippen LogP contribution in [0.2, 0.25) is 0 Å². The maximum atomic E-state index is 5.31. The summed E-state index contributed by atoms with van der Waals surface area (Å²) in [7, 11) is 0. The van der Waals surface area contributed by atoms with Crippen molar-refractivity contribution in [3.63, 3.8) is 0 Å². The van der Waals surface area contributed by atoms with E-state index in [-0.39, 0.29) is 5.60 Å². The highest BCUT2D eigenvalue weighted by Gasteiger charge is 2.40. The van der Waals surface area contributed by atoms with Crippen LogP contribution in [0.3, 0.4) is 0 Å². The number of rotatable bonds is 11. The van der Waals surface area contributed by atoms with Crippen molar-refractivity contribution in [1.29, 1.82) is 0 Å². The summed E-state index contributed by atoms with van der Waals surface area (Å²) in [5, 5.41) is 0. The summed E-state index contributed by atoms with van der Waals surface area (Å²) in [5.74, 6) is 0. The smallest absolute Gasteiger partial charge is 0.109 e. The minimum atomic E-state index is 0.105. The highest BCUT2D eigenvalue weighted by Crippen LogP contribution is 2.33. The van der Waals surface area contributed by atoms with Crippen molar-refractivity contribution < 1.29 is 9.47 Å². The van der Waals surface area contributed by atoms with Gasteiger partial charge < -0.3 is 9.47 Å². The first kappa shape index (κ1) is 19.4. The van der Waals surface area contributed by atoms with Crippen molar-refractivity contribution in [2.24, 2.45) is 0 Å². The molecule has 0 aromatic heterocycles. The molecule has 0 aromatic carbocycles. The number of epoxide rings is 1. The molecule has 0 amide bonds. The van der Waals surface area contributed by atoms with Crippen LogP contribution < -0.4 is 0 Å². The lowest BCUT2D eigenvalue weighted by Gasteiger charge is -2.04. The second kappa shape index (κ2) is 11.9. The Morgan fingerprint density at radius 2 is 1.77 bits per heavy atom. The maximum Gasteiger partial charge on any atom is 0.109 e. The van der Waals surface area contributed by atoms with Crippen LogP contribution in [-0.2, 0) is 9.47 Å². The van der Waals surface area contributed by atoms with Crippen LogP contribution in [0.4, 0.5) is 0 Å². The van der Waals surface area contributed by atoms with E-state index >= 15 is 0 Å². The first-order valence-electron chi connectivity index (χ1n) is 9.29. The van der Waals surface area contributed by atoms with Gasteiger partial charge in [0.2, 0.25) is 0 Å². The fourth-order valence-electron chi connectivity index (χ4n) is 2.69. The number of hydrogen-bond acceptors (Lipinski definition) is 2. The molecule has 2 rings (SSSR count). The Morgan fingerprint density at radius 3 is 2.27 bits per heavy atom. The first-order chi connectivity index (χ1) is 10.8. The van der Waals surface area contributed by atoms with Crippen molar-refractivity contribution in [2.45, 2.75) is 83.7 Å². The minimum absolute atomic E-state index is 0.105. The molecule has 0 aromatic rings. The molecule has 2 aliphatic heterocycles. The summed E-state index contributed by atoms with van der Waals surface area (Å²) in [6.45, 7) is 10.9. The van der Waals surface area contributed by atoms with Crippen LogP contribution in [-0.4, -0.2) is 25.4 Å². The number of hydrogen-bond donors (Lipinski definition) is 0. The lowest BCUT2D eigenvalue weighted by atomic mass is 10.0. The van der Waals surface area contributed by atoms with Crippen LogP contribution in [0.15, 0.2) is 24.3 Å². The molecule has 0 bridgehead atoms. The van der Waals surface area contributed by atoms with Crippen LogP contribution in [0, 0.1) is 0 Å². The molecule has 0 N–H and O–H groups in total. The normalized spacial score (nSPS) is 22.7. The van der Waals surface area contributed by atoms with Crippen molar-refractivity contribution in [2.75, 3.05) is 19.8 Å². The standard InChI is InChI=1S/2C10H18O/c1-3-5-6-7-8-10(4-2)9-11-10;1-2-3-4-5-6-10-7-8-11-9-10/h4H,2-3,5-9H2,1H3;7H,2-6,8-9H2,1H3. The summed E-state index contributed by atoms with van der Waals surface area (Å²) in [5.41, 5.74) is 1.62. The summed E-state index contributed by atoms with van der Waals surface area (Å²) in [4.78, 5) is 0. The third-order valence-corrected chi connectivity index (χ3v) is 4.47. The summed E-state index contributed by atoms with van der Waals surface area (Å²) >= 11 is 0. The van der Waals surface area contributed by atoms with Gasteiger partial charge in [0.1, 0.15) is 5.60 Å². The average Bonchev–Trinajstić information content (AvgIpc) is 3.14. The Hall–Kier alpha value is -0.600. The largest absolute Gasteiger partial charge is 0.373 e. The van der Waals surface area contributed by atoms with Crippen LogP contribution in [0.25, 0.3) is 0 Å². The van der Waals surface area contributed by atoms with Crippen LogP contribution >= 0.6 is 0 Å². The molecule has 1 atom stereocenters. The maximum absolute atomic E-state index is 5.31. The second-order valence-electron chi connectivity index (χ2n) is 6.56. The Morgan fingerprint density at radius 1 is 1.09 bits per heavy atom. The van der Waals surface area contributed by atoms with Gasteiger partial charge >= 0.3 is 0 Å². The Kier molecular flexibility index (Phi) is 10.5. The molecule has 1 saturated heterocycles. The van der Waals surface area contributed by atoms with Gasteiger partial charge in [-0.1, -0.05) is 70.9 Å². The molecule has 1 unspecified atom stereocenters. The molecule has 2 heteroatoms. The van der Waals surface area contributed by atoms with E-state index < -0.39 is 0 Å². The Labute approximate surface area is 138 Å². The van der Waals surface area contributed by atoms with Crippen molar-refractivity contribution in [3.8, 4) is 0 Å². The number of unbranched alkanes of at least 4 members (excludes halogenated alkanes) is 6. The van der Waals surface area contributed by atoms with Gasteiger partial charge in [-0.15, -0.1) is 6.58 Å². The zero-order valence-corrected chi connectivity index (χ0v) is 14.9. The van der Waals surface area contributed by atoms with Gasteiger partial charge in [0, 0.05) is 0 Å². The van der Waals surface area contributed by atoms with Crippen LogP contribution in [0.1, 0.15) is 78.1 Å². The minimum Gasteiger partial charge on any atom is -0.373 e. The van der Waals surface area contributed by atoms with Crippen molar-refractivity contribution in [3.05, 3.63) is 24.3 Å². The van der Waals surface area contributed by atoms with Gasteiger partial charge in [-0.2, -0.15) is 0 Å². The average molecular weight is 309 g/mol. The molecule has 128 valence electrons. The Balaban J connectivity index is 0.000000220. The molecule has 2 aliphatic rings. The van der Waals surface area contributed by atoms with Gasteiger partial charge in [0.05, 0.1) is 19.8 Å². The third-order valence-electron chi connectivity index (χ3n) is 4.47. The lowest BCUT2D eigenvalue weighted by Crippen LogP contribution is -2.05. The monoisotopic (exact) mass is 308 g/mol. The van der Waals surface area contributed by atoms with Gasteiger partial charge in [-0.25, -0.2) is 0 Å². The molecule has 0 radical (unpaired) electrons. The van der Waals surface area contributed by atoms with Gasteiger partial charge in [-0.05, 0) is 24.8 Å². The van der Waals surface area contributed by atoms with E-state index in [4.69, 9.17) is 9.47 Å². The zero-order valence-electron chi connectivity index (χ0n) is 14.9. The predicted molar refractivity (Wildman–Crippen MR) is 95.3 cm³/mol. The van der Waals surface area contributed by atoms with E-state index in [9.17, 15) is 0 Å². The van der Waals surface area contributed by atoms with Gasteiger partial charge in [0.15, 0.2) is 0 Å². The predicted octanol–water partition coefficient (Wildman–Crippen LogP) is 5.83. The zero-order chi connectivity index (χ0) is 16.1. The van der Waals surface area contributed by atoms with Gasteiger partial charge in [0.25, 0.3) is 0 Å². The highest BCUT2D eigenvalue weighted by molar-refractivity contribution is 5.06. The van der Waals surface area contributed by atoms with E-state index in [0.717, 1.165) is 19.8 Å². The van der Waals surface area contributed by atoms with E-state index in [1.165, 1.54) is 69.8 Å². The lowest BCUT2D eigenvalue weighted by molar-refractivity contribution is 0.206. The van der Waals surface area contributed by atoms with Crippen LogP contribution in [0.5, 0.6) is 0 Å². The number of ether oxygens (including phenoxy) is 2. The fourth-order valence-corrected chi connectivity index (χ4v) is 2.69. The highest BCUT2D eigenvalue weighted by atomic mass is 16.6. The quantitative estimate of drug-likeness (QED) is 0.272. The summed E-state index contributed by atoms with van der Waals surface area (Å²) in [6.07, 6.45) is 17.4. The first-order valence-corrected chi connectivity index (χ1v) is 9.29. The third kappa shape index (κ3) is 8.75. The molecule has 0 spiro atoms. The van der Waals surface area contributed by atoms with E-state index in [2.05, 4.69) is 26.5 Å². The molecule has 0 saturated carbocycles. The van der Waals surface area contributed by atoms with E-state index in [1.54, 1.807) is 0 Å². The molecule has 1 fully saturated rings. The molecule has 0 aliphatic carbocycles. The molecule has 22 heavy (non-hydrogen) atoms. The van der Waals surface area contributed by atoms with E-state index in [1.807, 2.05) is 6.08 Å². The van der Waals surface area contributed by atoms with Crippen molar-refractivity contribution in [1.82, 2.24) is 0 Å². The second-order valence-corrected chi connectivity index (χ2v) is 6.56. The van der Waals surface area contributed by atoms with Gasteiger partial charge in [-0.3, -0.25) is 0 Å². The molecular weight excluding hydrogens is 272 g/mol. The SMILES string of the molecule is C=CC1(CCCCCC)CO1.CCCCCCC1=CCOC1. The molecule has 2 nitrogen and oxygen atoms in total. The topological polar surface area (TPSA) is 21.8 Å². The fraction of sp³-hybridized carbons (Fsp3) is 0.800. The summed E-state index contributed by atoms with van der Waals surface area (Å²) < 4.78 is 10.5. The molecular formula is C20H36O2. The molecule has 2 heterocycles.